The Kier molecular flexibility index (Phi) is 3.33. The van der Waals surface area contributed by atoms with E-state index in [1.165, 1.54) is 0 Å². The van der Waals surface area contributed by atoms with Crippen molar-refractivity contribution in [3.05, 3.63) is 61.1 Å². The zero-order valence-electron chi connectivity index (χ0n) is 11.0. The van der Waals surface area contributed by atoms with E-state index in [4.69, 9.17) is 4.74 Å². The van der Waals surface area contributed by atoms with Gasteiger partial charge in [-0.25, -0.2) is 4.68 Å². The van der Waals surface area contributed by atoms with Crippen LogP contribution in [0.4, 0.5) is 11.5 Å². The second kappa shape index (κ2) is 5.44. The van der Waals surface area contributed by atoms with Crippen LogP contribution in [0.3, 0.4) is 0 Å². The number of hydrogen-bond acceptors (Lipinski definition) is 4. The van der Waals surface area contributed by atoms with E-state index >= 15 is 0 Å². The van der Waals surface area contributed by atoms with Crippen molar-refractivity contribution in [2.45, 2.75) is 0 Å². The topological polar surface area (TPSA) is 52.0 Å². The number of pyridine rings is 1. The van der Waals surface area contributed by atoms with Gasteiger partial charge < -0.3 is 10.1 Å². The van der Waals surface area contributed by atoms with Crippen molar-refractivity contribution in [2.75, 3.05) is 12.4 Å². The zero-order chi connectivity index (χ0) is 13.8. The number of ether oxygens (including phenoxy) is 1. The van der Waals surface area contributed by atoms with Crippen LogP contribution in [0, 0.1) is 0 Å². The van der Waals surface area contributed by atoms with Gasteiger partial charge in [0.1, 0.15) is 5.75 Å². The van der Waals surface area contributed by atoms with Crippen molar-refractivity contribution in [1.29, 1.82) is 0 Å². The third-order valence-electron chi connectivity index (χ3n) is 2.86. The molecule has 2 aromatic heterocycles. The smallest absolute Gasteiger partial charge is 0.152 e. The van der Waals surface area contributed by atoms with Crippen LogP contribution >= 0.6 is 0 Å². The average molecular weight is 266 g/mol. The minimum absolute atomic E-state index is 0.777. The number of nitrogens with zero attached hydrogens (tertiary/aromatic N) is 3. The Morgan fingerprint density at radius 2 is 1.95 bits per heavy atom. The highest BCUT2D eigenvalue weighted by molar-refractivity contribution is 5.57. The predicted molar refractivity (Wildman–Crippen MR) is 77.6 cm³/mol. The second-order valence-corrected chi connectivity index (χ2v) is 4.21. The Labute approximate surface area is 116 Å². The highest BCUT2D eigenvalue weighted by Crippen LogP contribution is 2.19. The highest BCUT2D eigenvalue weighted by atomic mass is 16.5. The number of anilines is 2. The summed E-state index contributed by atoms with van der Waals surface area (Å²) in [5, 5.41) is 7.69. The Hall–Kier alpha value is -2.82. The number of methoxy groups -OCH3 is 1. The predicted octanol–water partition coefficient (Wildman–Crippen LogP) is 3.02. The van der Waals surface area contributed by atoms with Crippen LogP contribution in [0.25, 0.3) is 5.69 Å². The van der Waals surface area contributed by atoms with Gasteiger partial charge in [-0.15, -0.1) is 0 Å². The van der Waals surface area contributed by atoms with Gasteiger partial charge in [-0.1, -0.05) is 0 Å². The van der Waals surface area contributed by atoms with E-state index in [0.29, 0.717) is 0 Å². The fourth-order valence-electron chi connectivity index (χ4n) is 1.85. The molecule has 0 radical (unpaired) electrons. The number of nitrogens with one attached hydrogen (secondary N) is 1. The van der Waals surface area contributed by atoms with Gasteiger partial charge in [0, 0.05) is 24.1 Å². The zero-order valence-corrected chi connectivity index (χ0v) is 11.0. The molecule has 0 amide bonds. The molecule has 0 saturated carbocycles. The number of aromatic nitrogens is 3. The number of hydrogen-bond donors (Lipinski definition) is 1. The summed E-state index contributed by atoms with van der Waals surface area (Å²) >= 11 is 0. The van der Waals surface area contributed by atoms with E-state index in [2.05, 4.69) is 15.4 Å². The summed E-state index contributed by atoms with van der Waals surface area (Å²) in [6.07, 6.45) is 5.40. The molecule has 1 aromatic carbocycles. The SMILES string of the molecule is COc1ccc(Nc2ccn(-c3cccnc3)n2)cc1. The molecule has 0 atom stereocenters. The Morgan fingerprint density at radius 3 is 2.65 bits per heavy atom. The van der Waals surface area contributed by atoms with Gasteiger partial charge in [0.2, 0.25) is 0 Å². The van der Waals surface area contributed by atoms with Crippen molar-refractivity contribution in [2.24, 2.45) is 0 Å². The largest absolute Gasteiger partial charge is 0.497 e. The summed E-state index contributed by atoms with van der Waals surface area (Å²) in [5.41, 5.74) is 1.89. The molecular weight excluding hydrogens is 252 g/mol. The highest BCUT2D eigenvalue weighted by Gasteiger charge is 2.01. The first-order valence-corrected chi connectivity index (χ1v) is 6.22. The molecule has 0 unspecified atom stereocenters. The van der Waals surface area contributed by atoms with E-state index in [0.717, 1.165) is 22.9 Å². The number of benzene rings is 1. The van der Waals surface area contributed by atoms with E-state index in [9.17, 15) is 0 Å². The molecule has 0 aliphatic heterocycles. The summed E-state index contributed by atoms with van der Waals surface area (Å²) < 4.78 is 6.90. The molecule has 0 spiro atoms. The molecule has 0 saturated heterocycles. The van der Waals surface area contributed by atoms with E-state index in [1.807, 2.05) is 48.7 Å². The van der Waals surface area contributed by atoms with Gasteiger partial charge in [0.05, 0.1) is 19.0 Å². The van der Waals surface area contributed by atoms with Crippen LogP contribution in [0.5, 0.6) is 5.75 Å². The molecular formula is C15H14N4O. The Balaban J connectivity index is 1.77. The normalized spacial score (nSPS) is 10.2. The third-order valence-corrected chi connectivity index (χ3v) is 2.86. The molecule has 0 aliphatic rings. The maximum Gasteiger partial charge on any atom is 0.152 e. The summed E-state index contributed by atoms with van der Waals surface area (Å²) in [4.78, 5) is 4.08. The molecule has 0 fully saturated rings. The van der Waals surface area contributed by atoms with E-state index in [-0.39, 0.29) is 0 Å². The van der Waals surface area contributed by atoms with Crippen molar-refractivity contribution >= 4 is 11.5 Å². The first kappa shape index (κ1) is 12.2. The Bertz CT molecular complexity index is 677. The summed E-state index contributed by atoms with van der Waals surface area (Å²) in [5.74, 6) is 1.61. The molecule has 20 heavy (non-hydrogen) atoms. The lowest BCUT2D eigenvalue weighted by molar-refractivity contribution is 0.415. The average Bonchev–Trinajstić information content (AvgIpc) is 2.97. The van der Waals surface area contributed by atoms with E-state index < -0.39 is 0 Å². The lowest BCUT2D eigenvalue weighted by Crippen LogP contribution is -1.97. The Morgan fingerprint density at radius 1 is 1.10 bits per heavy atom. The molecule has 0 bridgehead atoms. The van der Waals surface area contributed by atoms with Crippen molar-refractivity contribution in [3.63, 3.8) is 0 Å². The third kappa shape index (κ3) is 2.61. The van der Waals surface area contributed by atoms with Crippen LogP contribution < -0.4 is 10.1 Å². The first-order valence-electron chi connectivity index (χ1n) is 6.22. The van der Waals surface area contributed by atoms with Gasteiger partial charge in [0.15, 0.2) is 5.82 Å². The van der Waals surface area contributed by atoms with Crippen LogP contribution in [-0.4, -0.2) is 21.9 Å². The van der Waals surface area contributed by atoms with Gasteiger partial charge >= 0.3 is 0 Å². The van der Waals surface area contributed by atoms with Crippen LogP contribution in [-0.2, 0) is 0 Å². The molecule has 3 rings (SSSR count). The quantitative estimate of drug-likeness (QED) is 0.788. The van der Waals surface area contributed by atoms with Gasteiger partial charge in [0.25, 0.3) is 0 Å². The summed E-state index contributed by atoms with van der Waals surface area (Å²) in [6, 6.07) is 13.5. The fourth-order valence-corrected chi connectivity index (χ4v) is 1.85. The molecule has 5 heteroatoms. The van der Waals surface area contributed by atoms with Crippen molar-refractivity contribution < 1.29 is 4.74 Å². The van der Waals surface area contributed by atoms with E-state index in [1.54, 1.807) is 24.2 Å². The number of rotatable bonds is 4. The maximum absolute atomic E-state index is 5.13. The summed E-state index contributed by atoms with van der Waals surface area (Å²) in [6.45, 7) is 0. The molecule has 100 valence electrons. The minimum Gasteiger partial charge on any atom is -0.497 e. The molecule has 5 nitrogen and oxygen atoms in total. The van der Waals surface area contributed by atoms with Gasteiger partial charge in [-0.2, -0.15) is 5.10 Å². The van der Waals surface area contributed by atoms with Gasteiger partial charge in [-0.3, -0.25) is 4.98 Å². The fraction of sp³-hybridized carbons (Fsp3) is 0.0667. The standard InChI is InChI=1S/C15H14N4O/c1-20-14-6-4-12(5-7-14)17-15-8-10-19(18-15)13-3-2-9-16-11-13/h2-11H,1H3,(H,17,18). The lowest BCUT2D eigenvalue weighted by Gasteiger charge is -2.04. The molecule has 0 aliphatic carbocycles. The molecule has 2 heterocycles. The summed E-state index contributed by atoms with van der Waals surface area (Å²) in [7, 11) is 1.65. The first-order chi connectivity index (χ1) is 9.85. The van der Waals surface area contributed by atoms with Crippen LogP contribution in [0.15, 0.2) is 61.1 Å². The molecule has 1 N–H and O–H groups in total. The van der Waals surface area contributed by atoms with Gasteiger partial charge in [-0.05, 0) is 36.4 Å². The lowest BCUT2D eigenvalue weighted by atomic mass is 10.3. The van der Waals surface area contributed by atoms with Crippen LogP contribution in [0.1, 0.15) is 0 Å². The minimum atomic E-state index is 0.777. The molecule has 3 aromatic rings. The van der Waals surface area contributed by atoms with Crippen molar-refractivity contribution in [1.82, 2.24) is 14.8 Å². The van der Waals surface area contributed by atoms with Crippen molar-refractivity contribution in [3.8, 4) is 11.4 Å². The monoisotopic (exact) mass is 266 g/mol. The maximum atomic E-state index is 5.13. The van der Waals surface area contributed by atoms with Crippen LogP contribution in [0.2, 0.25) is 0 Å². The second-order valence-electron chi connectivity index (χ2n) is 4.21.